The molecule has 0 spiro atoms. The Bertz CT molecular complexity index is 1040. The molecule has 0 aliphatic carbocycles. The number of methoxy groups -OCH3 is 2. The summed E-state index contributed by atoms with van der Waals surface area (Å²) < 4.78 is 15.9. The first-order valence-electron chi connectivity index (χ1n) is 10.2. The third-order valence-corrected chi connectivity index (χ3v) is 5.30. The number of hydrogen-bond donors (Lipinski definition) is 0. The monoisotopic (exact) mass is 423 g/mol. The fourth-order valence-corrected chi connectivity index (χ4v) is 3.59. The van der Waals surface area contributed by atoms with E-state index >= 15 is 0 Å². The lowest BCUT2D eigenvalue weighted by molar-refractivity contribution is 0.0742. The van der Waals surface area contributed by atoms with Crippen molar-refractivity contribution in [3.63, 3.8) is 0 Å². The van der Waals surface area contributed by atoms with Crippen LogP contribution in [0.25, 0.3) is 11.4 Å². The molecule has 0 bridgehead atoms. The van der Waals surface area contributed by atoms with Crippen molar-refractivity contribution in [1.82, 2.24) is 20.0 Å². The van der Waals surface area contributed by atoms with E-state index in [-0.39, 0.29) is 5.91 Å². The van der Waals surface area contributed by atoms with Gasteiger partial charge in [0.15, 0.2) is 11.5 Å². The van der Waals surface area contributed by atoms with Crippen LogP contribution >= 0.6 is 0 Å². The number of nitrogens with zero attached hydrogens (tertiary/aromatic N) is 5. The lowest BCUT2D eigenvalue weighted by Crippen LogP contribution is -2.49. The number of ether oxygens (including phenoxy) is 2. The van der Waals surface area contributed by atoms with E-state index in [0.717, 1.165) is 11.4 Å². The highest BCUT2D eigenvalue weighted by Gasteiger charge is 2.26. The molecular weight excluding hydrogens is 398 g/mol. The standard InChI is InChI=1S/C22H25N5O4/c1-4-19-24-21(25-31-19)15-8-9-18(23-14-15)26-10-12-27(13-11-26)22(28)16-6-5-7-17(29-2)20(16)30-3/h5-9,14H,4,10-13H2,1-3H3. The van der Waals surface area contributed by atoms with Gasteiger partial charge in [0.1, 0.15) is 5.82 Å². The molecule has 31 heavy (non-hydrogen) atoms. The third kappa shape index (κ3) is 4.16. The minimum absolute atomic E-state index is 0.0671. The third-order valence-electron chi connectivity index (χ3n) is 5.30. The van der Waals surface area contributed by atoms with Gasteiger partial charge in [-0.2, -0.15) is 4.98 Å². The lowest BCUT2D eigenvalue weighted by atomic mass is 10.1. The average molecular weight is 423 g/mol. The first kappa shape index (κ1) is 20.6. The molecule has 0 saturated carbocycles. The van der Waals surface area contributed by atoms with Crippen molar-refractivity contribution in [1.29, 1.82) is 0 Å². The second-order valence-corrected chi connectivity index (χ2v) is 7.09. The SMILES string of the molecule is CCc1nc(-c2ccc(N3CCN(C(=O)c4cccc(OC)c4OC)CC3)nc2)no1. The molecule has 0 atom stereocenters. The van der Waals surface area contributed by atoms with Gasteiger partial charge in [-0.1, -0.05) is 18.1 Å². The van der Waals surface area contributed by atoms with Crippen molar-refractivity contribution in [2.24, 2.45) is 0 Å². The van der Waals surface area contributed by atoms with Crippen LogP contribution in [-0.4, -0.2) is 66.3 Å². The number of piperazine rings is 1. The van der Waals surface area contributed by atoms with Gasteiger partial charge in [0, 0.05) is 44.4 Å². The number of pyridine rings is 1. The van der Waals surface area contributed by atoms with Gasteiger partial charge in [-0.05, 0) is 24.3 Å². The Morgan fingerprint density at radius 3 is 2.52 bits per heavy atom. The highest BCUT2D eigenvalue weighted by molar-refractivity contribution is 5.98. The summed E-state index contributed by atoms with van der Waals surface area (Å²) in [4.78, 5) is 25.9. The van der Waals surface area contributed by atoms with Gasteiger partial charge in [0.05, 0.1) is 19.8 Å². The van der Waals surface area contributed by atoms with Crippen molar-refractivity contribution in [3.05, 3.63) is 48.0 Å². The molecule has 1 aromatic carbocycles. The van der Waals surface area contributed by atoms with Crippen molar-refractivity contribution in [3.8, 4) is 22.9 Å². The van der Waals surface area contributed by atoms with E-state index < -0.39 is 0 Å². The lowest BCUT2D eigenvalue weighted by Gasteiger charge is -2.35. The van der Waals surface area contributed by atoms with E-state index in [1.807, 2.05) is 24.0 Å². The number of amides is 1. The Morgan fingerprint density at radius 2 is 1.90 bits per heavy atom. The van der Waals surface area contributed by atoms with Crippen LogP contribution in [0, 0.1) is 0 Å². The summed E-state index contributed by atoms with van der Waals surface area (Å²) in [6, 6.07) is 9.22. The molecule has 2 aromatic heterocycles. The quantitative estimate of drug-likeness (QED) is 0.597. The molecule has 1 aliphatic heterocycles. The van der Waals surface area contributed by atoms with Crippen LogP contribution in [0.1, 0.15) is 23.2 Å². The molecule has 1 amide bonds. The molecule has 0 N–H and O–H groups in total. The number of carbonyl (C=O) groups excluding carboxylic acids is 1. The maximum Gasteiger partial charge on any atom is 0.257 e. The summed E-state index contributed by atoms with van der Waals surface area (Å²) in [5.74, 6) is 2.94. The average Bonchev–Trinajstić information content (AvgIpc) is 3.32. The topological polar surface area (TPSA) is 93.8 Å². The Morgan fingerprint density at radius 1 is 1.10 bits per heavy atom. The highest BCUT2D eigenvalue weighted by atomic mass is 16.5. The van der Waals surface area contributed by atoms with Gasteiger partial charge in [0.2, 0.25) is 11.7 Å². The maximum absolute atomic E-state index is 13.1. The number of aromatic nitrogens is 3. The van der Waals surface area contributed by atoms with Crippen LogP contribution in [-0.2, 0) is 6.42 Å². The molecule has 1 fully saturated rings. The molecule has 9 nitrogen and oxygen atoms in total. The number of benzene rings is 1. The molecule has 1 aliphatic rings. The number of anilines is 1. The van der Waals surface area contributed by atoms with Crippen LogP contribution in [0.2, 0.25) is 0 Å². The first-order valence-corrected chi connectivity index (χ1v) is 10.2. The molecule has 3 aromatic rings. The van der Waals surface area contributed by atoms with E-state index in [9.17, 15) is 4.79 Å². The number of hydrogen-bond acceptors (Lipinski definition) is 8. The zero-order valence-electron chi connectivity index (χ0n) is 17.9. The van der Waals surface area contributed by atoms with Crippen molar-refractivity contribution in [2.75, 3.05) is 45.3 Å². The first-order chi connectivity index (χ1) is 15.1. The minimum atomic E-state index is -0.0671. The van der Waals surface area contributed by atoms with Crippen LogP contribution in [0.3, 0.4) is 0 Å². The Hall–Kier alpha value is -3.62. The number of para-hydroxylation sites is 1. The molecular formula is C22H25N5O4. The van der Waals surface area contributed by atoms with Gasteiger partial charge < -0.3 is 23.8 Å². The van der Waals surface area contributed by atoms with Crippen LogP contribution in [0.5, 0.6) is 11.5 Å². The molecule has 162 valence electrons. The predicted molar refractivity (Wildman–Crippen MR) is 115 cm³/mol. The molecule has 4 rings (SSSR count). The van der Waals surface area contributed by atoms with Gasteiger partial charge in [0.25, 0.3) is 5.91 Å². The van der Waals surface area contributed by atoms with Gasteiger partial charge in [-0.15, -0.1) is 0 Å². The summed E-state index contributed by atoms with van der Waals surface area (Å²) >= 11 is 0. The van der Waals surface area contributed by atoms with Crippen LogP contribution in [0.15, 0.2) is 41.1 Å². The second kappa shape index (κ2) is 9.03. The van der Waals surface area contributed by atoms with E-state index in [0.29, 0.717) is 61.4 Å². The molecule has 0 radical (unpaired) electrons. The van der Waals surface area contributed by atoms with E-state index in [1.165, 1.54) is 0 Å². The molecule has 1 saturated heterocycles. The van der Waals surface area contributed by atoms with Crippen molar-refractivity contribution < 1.29 is 18.8 Å². The van der Waals surface area contributed by atoms with Crippen molar-refractivity contribution in [2.45, 2.75) is 13.3 Å². The number of aryl methyl sites for hydroxylation is 1. The Balaban J connectivity index is 1.41. The smallest absolute Gasteiger partial charge is 0.257 e. The Kier molecular flexibility index (Phi) is 6.01. The fraction of sp³-hybridized carbons (Fsp3) is 0.364. The molecule has 9 heteroatoms. The van der Waals surface area contributed by atoms with Gasteiger partial charge in [-0.3, -0.25) is 4.79 Å². The largest absolute Gasteiger partial charge is 0.493 e. The predicted octanol–water partition coefficient (Wildman–Crippen LogP) is 2.67. The van der Waals surface area contributed by atoms with E-state index in [2.05, 4.69) is 20.0 Å². The molecule has 3 heterocycles. The Labute approximate surface area is 180 Å². The van der Waals surface area contributed by atoms with Crippen LogP contribution < -0.4 is 14.4 Å². The molecule has 0 unspecified atom stereocenters. The summed E-state index contributed by atoms with van der Waals surface area (Å²) in [6.45, 7) is 4.52. The number of carbonyl (C=O) groups is 1. The van der Waals surface area contributed by atoms with Gasteiger partial charge >= 0.3 is 0 Å². The summed E-state index contributed by atoms with van der Waals surface area (Å²) in [7, 11) is 3.10. The van der Waals surface area contributed by atoms with E-state index in [4.69, 9.17) is 14.0 Å². The summed E-state index contributed by atoms with van der Waals surface area (Å²) in [5.41, 5.74) is 1.32. The summed E-state index contributed by atoms with van der Waals surface area (Å²) in [5, 5.41) is 3.98. The normalized spacial score (nSPS) is 13.9. The number of rotatable bonds is 6. The van der Waals surface area contributed by atoms with E-state index in [1.54, 1.807) is 38.6 Å². The summed E-state index contributed by atoms with van der Waals surface area (Å²) in [6.07, 6.45) is 2.45. The maximum atomic E-state index is 13.1. The minimum Gasteiger partial charge on any atom is -0.493 e. The second-order valence-electron chi connectivity index (χ2n) is 7.09. The van der Waals surface area contributed by atoms with Crippen LogP contribution in [0.4, 0.5) is 5.82 Å². The fourth-order valence-electron chi connectivity index (χ4n) is 3.59. The zero-order chi connectivity index (χ0) is 21.8. The van der Waals surface area contributed by atoms with Crippen molar-refractivity contribution >= 4 is 11.7 Å². The van der Waals surface area contributed by atoms with Gasteiger partial charge in [-0.25, -0.2) is 4.98 Å². The highest BCUT2D eigenvalue weighted by Crippen LogP contribution is 2.31. The zero-order valence-corrected chi connectivity index (χ0v) is 17.9.